The normalized spacial score (nSPS) is 14.9. The van der Waals surface area contributed by atoms with Gasteiger partial charge in [0.25, 0.3) is 0 Å². The zero-order chi connectivity index (χ0) is 26.8. The van der Waals surface area contributed by atoms with E-state index in [4.69, 9.17) is 16.8 Å². The monoisotopic (exact) mass is 566 g/mol. The summed E-state index contributed by atoms with van der Waals surface area (Å²) >= 11 is 0. The first-order chi connectivity index (χ1) is 16.2. The van der Waals surface area contributed by atoms with Gasteiger partial charge in [-0.25, -0.2) is 0 Å². The zero-order valence-electron chi connectivity index (χ0n) is 25.1. The van der Waals surface area contributed by atoms with E-state index < -0.39 is 34.0 Å². The number of unbranched alkanes of at least 4 members (excludes halogenated alkanes) is 13. The van der Waals surface area contributed by atoms with Gasteiger partial charge < -0.3 is 21.9 Å². The molecule has 0 aliphatic rings. The molecule has 1 unspecified atom stereocenters. The van der Waals surface area contributed by atoms with E-state index in [1.165, 1.54) is 83.5 Å². The van der Waals surface area contributed by atoms with Gasteiger partial charge in [0, 0.05) is 0 Å². The van der Waals surface area contributed by atoms with Gasteiger partial charge in [0.05, 0.1) is 13.2 Å². The molecule has 0 aromatic rings. The largest absolute Gasteiger partial charge is 0.437 e. The molecule has 0 saturated heterocycles. The summed E-state index contributed by atoms with van der Waals surface area (Å²) in [7, 11) is -8.82. The van der Waals surface area contributed by atoms with Gasteiger partial charge in [-0.2, -0.15) is 0 Å². The number of rotatable bonds is 24. The molecule has 0 rings (SSSR count). The minimum atomic E-state index is -2.46. The lowest BCUT2D eigenvalue weighted by Crippen LogP contribution is -2.58. The molecule has 1 atom stereocenters. The molecule has 0 radical (unpaired) electrons. The number of hydrogen-bond donors (Lipinski definition) is 1. The first-order valence-electron chi connectivity index (χ1n) is 14.6. The number of aliphatic hydroxyl groups excluding tert-OH is 1. The molecule has 0 aromatic heterocycles. The van der Waals surface area contributed by atoms with Crippen molar-refractivity contribution in [1.29, 1.82) is 0 Å². The van der Waals surface area contributed by atoms with Crippen molar-refractivity contribution in [3.63, 3.8) is 0 Å². The summed E-state index contributed by atoms with van der Waals surface area (Å²) in [5.41, 5.74) is 0. The van der Waals surface area contributed by atoms with Crippen LogP contribution in [0.5, 0.6) is 0 Å². The molecule has 212 valence electrons. The van der Waals surface area contributed by atoms with Crippen molar-refractivity contribution < 1.29 is 21.9 Å². The van der Waals surface area contributed by atoms with Crippen LogP contribution in [0, 0.1) is 0 Å². The predicted molar refractivity (Wildman–Crippen MR) is 161 cm³/mol. The van der Waals surface area contributed by atoms with E-state index in [1.54, 1.807) is 0 Å². The maximum Gasteiger partial charge on any atom is 0.323 e. The minimum Gasteiger partial charge on any atom is -0.437 e. The summed E-state index contributed by atoms with van der Waals surface area (Å²) in [6.45, 7) is 20.0. The van der Waals surface area contributed by atoms with Gasteiger partial charge in [0.1, 0.15) is 0 Å². The molecule has 0 saturated carbocycles. The molecular formula is C26H62O5Si4. The molecule has 0 fully saturated rings. The molecule has 0 aromatic carbocycles. The summed E-state index contributed by atoms with van der Waals surface area (Å²) in [5.74, 6) is 0. The smallest absolute Gasteiger partial charge is 0.323 e. The second-order valence-electron chi connectivity index (χ2n) is 12.3. The van der Waals surface area contributed by atoms with Crippen molar-refractivity contribution in [2.45, 2.75) is 155 Å². The average molecular weight is 567 g/mol. The Bertz CT molecular complexity index is 514. The first-order valence-corrected chi connectivity index (χ1v) is 26.2. The molecule has 9 heteroatoms. The molecule has 5 nitrogen and oxygen atoms in total. The van der Waals surface area contributed by atoms with Crippen molar-refractivity contribution in [2.75, 3.05) is 13.2 Å². The second-order valence-corrected chi connectivity index (χ2v) is 27.6. The van der Waals surface area contributed by atoms with Crippen LogP contribution in [0.1, 0.15) is 96.8 Å². The Kier molecular flexibility index (Phi) is 19.2. The Morgan fingerprint density at radius 1 is 0.514 bits per heavy atom. The maximum atomic E-state index is 9.20. The molecule has 35 heavy (non-hydrogen) atoms. The summed E-state index contributed by atoms with van der Waals surface area (Å²) in [5, 5.41) is 9.20. The fraction of sp³-hybridized carbons (Fsp3) is 1.00. The minimum absolute atomic E-state index is 0.0247. The molecule has 0 aliphatic carbocycles. The Morgan fingerprint density at radius 3 is 1.31 bits per heavy atom. The lowest BCUT2D eigenvalue weighted by molar-refractivity contribution is 0.164. The average Bonchev–Trinajstić information content (AvgIpc) is 2.69. The van der Waals surface area contributed by atoms with Gasteiger partial charge in [-0.3, -0.25) is 0 Å². The third-order valence-electron chi connectivity index (χ3n) is 6.00. The van der Waals surface area contributed by atoms with Gasteiger partial charge in [-0.15, -0.1) is 0 Å². The summed E-state index contributed by atoms with van der Waals surface area (Å²) in [4.78, 5) is 0. The van der Waals surface area contributed by atoms with Crippen LogP contribution in [0.25, 0.3) is 0 Å². The Balaban J connectivity index is 4.41. The Hall–Kier alpha value is 0.668. The Labute approximate surface area is 223 Å². The summed E-state index contributed by atoms with van der Waals surface area (Å²) < 4.78 is 25.9. The van der Waals surface area contributed by atoms with Crippen molar-refractivity contribution in [3.05, 3.63) is 0 Å². The lowest BCUT2D eigenvalue weighted by Gasteiger charge is -2.41. The van der Waals surface area contributed by atoms with Crippen molar-refractivity contribution in [1.82, 2.24) is 0 Å². The fourth-order valence-corrected chi connectivity index (χ4v) is 22.7. The molecule has 0 spiro atoms. The van der Waals surface area contributed by atoms with Gasteiger partial charge in [0.15, 0.2) is 8.32 Å². The van der Waals surface area contributed by atoms with E-state index in [0.29, 0.717) is 6.61 Å². The topological polar surface area (TPSA) is 57.2 Å². The quantitative estimate of drug-likeness (QED) is 0.0934. The van der Waals surface area contributed by atoms with Crippen LogP contribution in [-0.2, 0) is 16.8 Å². The van der Waals surface area contributed by atoms with Crippen LogP contribution in [0.3, 0.4) is 0 Å². The van der Waals surface area contributed by atoms with E-state index >= 15 is 0 Å². The van der Waals surface area contributed by atoms with E-state index in [0.717, 1.165) is 12.5 Å². The van der Waals surface area contributed by atoms with Crippen LogP contribution in [0.4, 0.5) is 0 Å². The standard InChI is InChI=1S/C26H62O5Si4/c1-10-11-12-13-14-15-16-17-18-19-20-21-22-23-26-35(9,30-33(5,6)28-25-24-27)31-34(7,8)29-32(2,3)4/h27H,10-26H2,1-9H3. The molecule has 0 heterocycles. The van der Waals surface area contributed by atoms with Gasteiger partial charge in [-0.1, -0.05) is 96.8 Å². The second kappa shape index (κ2) is 18.8. The molecule has 0 aliphatic heterocycles. The van der Waals surface area contributed by atoms with Crippen LogP contribution < -0.4 is 0 Å². The third kappa shape index (κ3) is 22.4. The van der Waals surface area contributed by atoms with Crippen LogP contribution >= 0.6 is 0 Å². The first kappa shape index (κ1) is 35.7. The zero-order valence-corrected chi connectivity index (χ0v) is 29.1. The summed E-state index contributed by atoms with van der Waals surface area (Å²) in [6.07, 6.45) is 19.1. The maximum absolute atomic E-state index is 9.20. The van der Waals surface area contributed by atoms with E-state index in [2.05, 4.69) is 59.3 Å². The highest BCUT2D eigenvalue weighted by Gasteiger charge is 2.45. The number of aliphatic hydroxyl groups is 1. The van der Waals surface area contributed by atoms with Gasteiger partial charge in [-0.05, 0) is 58.4 Å². The fourth-order valence-electron chi connectivity index (χ4n) is 4.88. The van der Waals surface area contributed by atoms with Crippen LogP contribution in [-0.4, -0.2) is 52.3 Å². The summed E-state index contributed by atoms with van der Waals surface area (Å²) in [6, 6.07) is 0.982. The lowest BCUT2D eigenvalue weighted by atomic mass is 10.0. The third-order valence-corrected chi connectivity index (χ3v) is 20.0. The van der Waals surface area contributed by atoms with Crippen molar-refractivity contribution >= 4 is 34.0 Å². The van der Waals surface area contributed by atoms with Gasteiger partial charge in [0.2, 0.25) is 0 Å². The van der Waals surface area contributed by atoms with E-state index in [9.17, 15) is 5.11 Å². The molecule has 0 amide bonds. The van der Waals surface area contributed by atoms with E-state index in [1.807, 2.05) is 0 Å². The SMILES string of the molecule is CCCCCCCCCCCCCCCC[Si](C)(O[Si](C)(C)OCCO)O[Si](C)(C)O[Si](C)(C)C. The van der Waals surface area contributed by atoms with Crippen molar-refractivity contribution in [2.24, 2.45) is 0 Å². The highest BCUT2D eigenvalue weighted by molar-refractivity contribution is 6.88. The van der Waals surface area contributed by atoms with E-state index in [-0.39, 0.29) is 6.61 Å². The number of hydrogen-bond acceptors (Lipinski definition) is 5. The van der Waals surface area contributed by atoms with Gasteiger partial charge >= 0.3 is 25.7 Å². The molecule has 1 N–H and O–H groups in total. The van der Waals surface area contributed by atoms with Crippen LogP contribution in [0.15, 0.2) is 0 Å². The van der Waals surface area contributed by atoms with Crippen molar-refractivity contribution in [3.8, 4) is 0 Å². The highest BCUT2D eigenvalue weighted by Crippen LogP contribution is 2.29. The van der Waals surface area contributed by atoms with Crippen LogP contribution in [0.2, 0.25) is 58.4 Å². The Morgan fingerprint density at radius 2 is 0.914 bits per heavy atom. The highest BCUT2D eigenvalue weighted by atomic mass is 28.5. The molecule has 0 bridgehead atoms. The predicted octanol–water partition coefficient (Wildman–Crippen LogP) is 8.84. The molecular weight excluding hydrogens is 505 g/mol.